The SMILES string of the molecule is [O]S(=O)(=O)c1ccc2c(c1)C(=O)C(=O)N2. The number of amides is 1. The molecule has 1 radical (unpaired) electrons. The lowest BCUT2D eigenvalue weighted by atomic mass is 10.1. The van der Waals surface area contributed by atoms with Crippen molar-refractivity contribution in [1.29, 1.82) is 0 Å². The Kier molecular flexibility index (Phi) is 1.88. The Balaban J connectivity index is 2.64. The van der Waals surface area contributed by atoms with Gasteiger partial charge in [-0.05, 0) is 18.2 Å². The van der Waals surface area contributed by atoms with E-state index in [0.717, 1.165) is 12.1 Å². The molecule has 0 fully saturated rings. The monoisotopic (exact) mass is 226 g/mol. The molecule has 0 aromatic heterocycles. The highest BCUT2D eigenvalue weighted by molar-refractivity contribution is 7.85. The average Bonchev–Trinajstić information content (AvgIpc) is 2.41. The number of anilines is 1. The molecule has 1 aromatic carbocycles. The molecular weight excluding hydrogens is 222 g/mol. The Bertz CT molecular complexity index is 575. The van der Waals surface area contributed by atoms with Crippen molar-refractivity contribution < 1.29 is 22.6 Å². The third-order valence-electron chi connectivity index (χ3n) is 1.98. The van der Waals surface area contributed by atoms with Crippen LogP contribution in [0.2, 0.25) is 0 Å². The highest BCUT2D eigenvalue weighted by Crippen LogP contribution is 2.25. The Morgan fingerprint density at radius 1 is 1.13 bits per heavy atom. The molecule has 1 aliphatic heterocycles. The first kappa shape index (κ1) is 9.81. The van der Waals surface area contributed by atoms with E-state index in [9.17, 15) is 22.6 Å². The van der Waals surface area contributed by atoms with Crippen molar-refractivity contribution in [3.05, 3.63) is 23.8 Å². The largest absolute Gasteiger partial charge is 0.324 e. The van der Waals surface area contributed by atoms with Gasteiger partial charge in [-0.2, -0.15) is 8.42 Å². The molecule has 0 unspecified atom stereocenters. The van der Waals surface area contributed by atoms with E-state index in [-0.39, 0.29) is 11.3 Å². The van der Waals surface area contributed by atoms with Crippen molar-refractivity contribution in [1.82, 2.24) is 0 Å². The molecule has 0 spiro atoms. The molecule has 6 nitrogen and oxygen atoms in total. The number of carbonyl (C=O) groups is 2. The third kappa shape index (κ3) is 1.51. The molecule has 1 N–H and O–H groups in total. The van der Waals surface area contributed by atoms with Crippen LogP contribution < -0.4 is 5.32 Å². The standard InChI is InChI=1S/C8H4NO5S/c10-7-5-3-4(15(12,13)14)1-2-6(5)9-8(7)11/h1-3H,(H,9,10,11). The zero-order valence-electron chi connectivity index (χ0n) is 7.18. The van der Waals surface area contributed by atoms with Gasteiger partial charge in [0.25, 0.3) is 11.7 Å². The van der Waals surface area contributed by atoms with Crippen LogP contribution in [0.3, 0.4) is 0 Å². The van der Waals surface area contributed by atoms with Crippen LogP contribution in [0.1, 0.15) is 10.4 Å². The quantitative estimate of drug-likeness (QED) is 0.678. The van der Waals surface area contributed by atoms with Gasteiger partial charge in [0.2, 0.25) is 0 Å². The zero-order valence-corrected chi connectivity index (χ0v) is 8.00. The maximum absolute atomic E-state index is 11.2. The highest BCUT2D eigenvalue weighted by atomic mass is 32.2. The van der Waals surface area contributed by atoms with Crippen molar-refractivity contribution in [3.63, 3.8) is 0 Å². The fraction of sp³-hybridized carbons (Fsp3) is 0. The molecule has 1 aromatic rings. The van der Waals surface area contributed by atoms with Gasteiger partial charge < -0.3 is 5.32 Å². The molecule has 0 aliphatic carbocycles. The first-order valence-corrected chi connectivity index (χ1v) is 5.26. The molecule has 1 amide bonds. The summed E-state index contributed by atoms with van der Waals surface area (Å²) in [4.78, 5) is 21.5. The van der Waals surface area contributed by atoms with Gasteiger partial charge in [-0.1, -0.05) is 4.55 Å². The molecule has 2 rings (SSSR count). The minimum atomic E-state index is -4.61. The van der Waals surface area contributed by atoms with Crippen LogP contribution in [-0.4, -0.2) is 20.1 Å². The van der Waals surface area contributed by atoms with E-state index < -0.39 is 26.7 Å². The molecule has 0 saturated heterocycles. The predicted molar refractivity (Wildman–Crippen MR) is 47.3 cm³/mol. The first-order valence-electron chi connectivity index (χ1n) is 3.85. The second-order valence-electron chi connectivity index (χ2n) is 2.94. The second-order valence-corrected chi connectivity index (χ2v) is 4.32. The van der Waals surface area contributed by atoms with Crippen LogP contribution in [0.15, 0.2) is 23.1 Å². The Labute approximate surface area is 84.7 Å². The third-order valence-corrected chi connectivity index (χ3v) is 2.81. The normalized spacial score (nSPS) is 15.0. The number of hydrogen-bond donors (Lipinski definition) is 1. The highest BCUT2D eigenvalue weighted by Gasteiger charge is 2.29. The van der Waals surface area contributed by atoms with E-state index in [1.165, 1.54) is 6.07 Å². The summed E-state index contributed by atoms with van der Waals surface area (Å²) in [6, 6.07) is 3.15. The first-order chi connectivity index (χ1) is 6.89. The Morgan fingerprint density at radius 3 is 2.40 bits per heavy atom. The summed E-state index contributed by atoms with van der Waals surface area (Å²) in [5.41, 5.74) is 0.134. The number of nitrogens with one attached hydrogen (secondary N) is 1. The Morgan fingerprint density at radius 2 is 1.80 bits per heavy atom. The van der Waals surface area contributed by atoms with Gasteiger partial charge in [-0.3, -0.25) is 9.59 Å². The summed E-state index contributed by atoms with van der Waals surface area (Å²) in [5, 5.41) is 2.24. The number of benzene rings is 1. The number of fused-ring (bicyclic) bond motifs is 1. The van der Waals surface area contributed by atoms with Crippen molar-refractivity contribution in [2.75, 3.05) is 5.32 Å². The number of ketones is 1. The van der Waals surface area contributed by atoms with Crippen LogP contribution in [0.25, 0.3) is 0 Å². The molecule has 7 heteroatoms. The van der Waals surface area contributed by atoms with Gasteiger partial charge in [0, 0.05) is 0 Å². The van der Waals surface area contributed by atoms with E-state index >= 15 is 0 Å². The minimum absolute atomic E-state index is 0.0862. The summed E-state index contributed by atoms with van der Waals surface area (Å²) in [6.45, 7) is 0. The summed E-state index contributed by atoms with van der Waals surface area (Å²) in [7, 11) is -4.61. The molecule has 0 bridgehead atoms. The lowest BCUT2D eigenvalue weighted by Gasteiger charge is -1.98. The van der Waals surface area contributed by atoms with Crippen LogP contribution in [0.5, 0.6) is 0 Å². The number of rotatable bonds is 1. The van der Waals surface area contributed by atoms with E-state index in [4.69, 9.17) is 0 Å². The lowest BCUT2D eigenvalue weighted by molar-refractivity contribution is -0.112. The van der Waals surface area contributed by atoms with Crippen molar-refractivity contribution in [2.24, 2.45) is 0 Å². The molecule has 1 aliphatic rings. The lowest BCUT2D eigenvalue weighted by Crippen LogP contribution is -2.12. The maximum atomic E-state index is 11.2. The maximum Gasteiger partial charge on any atom is 0.324 e. The summed E-state index contributed by atoms with van der Waals surface area (Å²) in [5.74, 6) is -1.67. The number of carbonyl (C=O) groups excluding carboxylic acids is 2. The van der Waals surface area contributed by atoms with Crippen LogP contribution >= 0.6 is 0 Å². The van der Waals surface area contributed by atoms with E-state index in [1.807, 2.05) is 0 Å². The van der Waals surface area contributed by atoms with Crippen molar-refractivity contribution >= 4 is 27.5 Å². The minimum Gasteiger partial charge on any atom is -0.318 e. The molecule has 0 saturated carbocycles. The van der Waals surface area contributed by atoms with E-state index in [2.05, 4.69) is 5.32 Å². The number of hydrogen-bond acceptors (Lipinski definition) is 4. The van der Waals surface area contributed by atoms with Gasteiger partial charge in [0.1, 0.15) is 0 Å². The summed E-state index contributed by atoms with van der Waals surface area (Å²) in [6.07, 6.45) is 0. The van der Waals surface area contributed by atoms with Gasteiger partial charge in [0.05, 0.1) is 16.1 Å². The molecule has 15 heavy (non-hydrogen) atoms. The van der Waals surface area contributed by atoms with Crippen molar-refractivity contribution in [2.45, 2.75) is 4.90 Å². The van der Waals surface area contributed by atoms with Gasteiger partial charge in [-0.15, -0.1) is 0 Å². The molecule has 77 valence electrons. The molecular formula is C8H4NO5S. The van der Waals surface area contributed by atoms with Gasteiger partial charge in [0.15, 0.2) is 0 Å². The van der Waals surface area contributed by atoms with Crippen molar-refractivity contribution in [3.8, 4) is 0 Å². The van der Waals surface area contributed by atoms with E-state index in [0.29, 0.717) is 0 Å². The predicted octanol–water partition coefficient (Wildman–Crippen LogP) is -0.0594. The van der Waals surface area contributed by atoms with Crippen LogP contribution in [-0.2, 0) is 19.5 Å². The molecule has 0 atom stereocenters. The Hall–Kier alpha value is -1.73. The topological polar surface area (TPSA) is 100 Å². The zero-order chi connectivity index (χ0) is 11.2. The smallest absolute Gasteiger partial charge is 0.318 e. The number of Topliss-reactive ketones (excluding diaryl/α,β-unsaturated/α-hetero) is 1. The summed E-state index contributed by atoms with van der Waals surface area (Å²) >= 11 is 0. The fourth-order valence-electron chi connectivity index (χ4n) is 1.28. The van der Waals surface area contributed by atoms with E-state index in [1.54, 1.807) is 0 Å². The molecule has 1 heterocycles. The fourth-order valence-corrected chi connectivity index (χ4v) is 1.77. The average molecular weight is 226 g/mol. The van der Waals surface area contributed by atoms with Gasteiger partial charge >= 0.3 is 10.1 Å². The second kappa shape index (κ2) is 2.88. The van der Waals surface area contributed by atoms with Crippen LogP contribution in [0, 0.1) is 0 Å². The van der Waals surface area contributed by atoms with Crippen LogP contribution in [0.4, 0.5) is 5.69 Å². The summed E-state index contributed by atoms with van der Waals surface area (Å²) < 4.78 is 31.9. The van der Waals surface area contributed by atoms with Gasteiger partial charge in [-0.25, -0.2) is 0 Å².